The lowest BCUT2D eigenvalue weighted by molar-refractivity contribution is -0.123. The van der Waals surface area contributed by atoms with Crippen LogP contribution < -0.4 is 9.64 Å². The molecule has 0 N–H and O–H groups in total. The number of benzene rings is 1. The van der Waals surface area contributed by atoms with Crippen LogP contribution in [0.25, 0.3) is 0 Å². The maximum absolute atomic E-state index is 13.5. The van der Waals surface area contributed by atoms with Crippen LogP contribution in [0.2, 0.25) is 0 Å². The van der Waals surface area contributed by atoms with Crippen LogP contribution in [0.3, 0.4) is 0 Å². The second kappa shape index (κ2) is 6.40. The highest BCUT2D eigenvalue weighted by molar-refractivity contribution is 5.99. The van der Waals surface area contributed by atoms with Crippen LogP contribution in [0.4, 0.5) is 5.69 Å². The van der Waals surface area contributed by atoms with Crippen LogP contribution in [0.5, 0.6) is 5.75 Å². The topological polar surface area (TPSA) is 45.7 Å². The van der Waals surface area contributed by atoms with E-state index in [1.807, 2.05) is 47.5 Å². The fourth-order valence-corrected chi connectivity index (χ4v) is 4.13. The smallest absolute Gasteiger partial charge is 0.244 e. The van der Waals surface area contributed by atoms with Gasteiger partial charge in [-0.05, 0) is 42.5 Å². The Morgan fingerprint density at radius 3 is 2.85 bits per heavy atom. The van der Waals surface area contributed by atoms with E-state index >= 15 is 0 Å². The van der Waals surface area contributed by atoms with Crippen molar-refractivity contribution in [3.05, 3.63) is 54.4 Å². The molecule has 1 amide bonds. The lowest BCUT2D eigenvalue weighted by atomic mass is 10.1. The lowest BCUT2D eigenvalue weighted by Crippen LogP contribution is -2.46. The molecule has 5 nitrogen and oxygen atoms in total. The van der Waals surface area contributed by atoms with Crippen LogP contribution in [0.15, 0.2) is 48.8 Å². The van der Waals surface area contributed by atoms with Crippen LogP contribution >= 0.6 is 0 Å². The molecule has 2 atom stereocenters. The van der Waals surface area contributed by atoms with Gasteiger partial charge in [-0.2, -0.15) is 0 Å². The highest BCUT2D eigenvalue weighted by Gasteiger charge is 2.44. The molecular formula is C21H23N3O2. The summed E-state index contributed by atoms with van der Waals surface area (Å²) >= 11 is 0. The molecule has 0 spiro atoms. The number of carbonyl (C=O) groups excluding carboxylic acids is 1. The first kappa shape index (κ1) is 15.8. The van der Waals surface area contributed by atoms with Crippen LogP contribution in [0, 0.1) is 5.92 Å². The van der Waals surface area contributed by atoms with Gasteiger partial charge in [0, 0.05) is 31.9 Å². The molecule has 1 saturated heterocycles. The molecule has 2 fully saturated rings. The zero-order chi connectivity index (χ0) is 17.5. The molecule has 3 heterocycles. The Balaban J connectivity index is 1.51. The molecule has 26 heavy (non-hydrogen) atoms. The zero-order valence-electron chi connectivity index (χ0n) is 14.8. The number of fused-ring (bicyclic) bond motifs is 3. The molecule has 2 aliphatic heterocycles. The van der Waals surface area contributed by atoms with E-state index in [4.69, 9.17) is 4.74 Å². The van der Waals surface area contributed by atoms with E-state index in [1.54, 1.807) is 6.20 Å². The van der Waals surface area contributed by atoms with Gasteiger partial charge in [0.25, 0.3) is 0 Å². The average Bonchev–Trinajstić information content (AvgIpc) is 3.38. The molecule has 5 rings (SSSR count). The van der Waals surface area contributed by atoms with Crippen molar-refractivity contribution >= 4 is 11.6 Å². The van der Waals surface area contributed by atoms with E-state index in [9.17, 15) is 4.79 Å². The van der Waals surface area contributed by atoms with Gasteiger partial charge in [0.1, 0.15) is 11.9 Å². The minimum absolute atomic E-state index is 0.0781. The molecule has 2 bridgehead atoms. The number of carbonyl (C=O) groups is 1. The van der Waals surface area contributed by atoms with Crippen molar-refractivity contribution in [2.75, 3.05) is 18.0 Å². The predicted octanol–water partition coefficient (Wildman–Crippen LogP) is 2.86. The molecule has 0 radical (unpaired) electrons. The predicted molar refractivity (Wildman–Crippen MR) is 99.0 cm³/mol. The van der Waals surface area contributed by atoms with Gasteiger partial charge < -0.3 is 9.64 Å². The first-order valence-corrected chi connectivity index (χ1v) is 9.48. The van der Waals surface area contributed by atoms with Gasteiger partial charge in [0.05, 0.1) is 18.3 Å². The fraction of sp³-hybridized carbons (Fsp3) is 0.429. The number of aromatic nitrogens is 1. The number of anilines is 1. The largest absolute Gasteiger partial charge is 0.487 e. The molecule has 1 saturated carbocycles. The fourth-order valence-electron chi connectivity index (χ4n) is 4.13. The lowest BCUT2D eigenvalue weighted by Gasteiger charge is -2.32. The van der Waals surface area contributed by atoms with Crippen molar-refractivity contribution in [3.8, 4) is 5.75 Å². The van der Waals surface area contributed by atoms with Crippen molar-refractivity contribution in [1.29, 1.82) is 0 Å². The number of para-hydroxylation sites is 2. The van der Waals surface area contributed by atoms with E-state index in [0.29, 0.717) is 6.54 Å². The number of hydrogen-bond acceptors (Lipinski definition) is 4. The highest BCUT2D eigenvalue weighted by Crippen LogP contribution is 2.39. The van der Waals surface area contributed by atoms with E-state index in [2.05, 4.69) is 9.88 Å². The van der Waals surface area contributed by atoms with Crippen molar-refractivity contribution in [1.82, 2.24) is 9.88 Å². The van der Waals surface area contributed by atoms with Gasteiger partial charge in [-0.15, -0.1) is 0 Å². The number of rotatable bonds is 4. The maximum Gasteiger partial charge on any atom is 0.244 e. The third kappa shape index (κ3) is 2.97. The van der Waals surface area contributed by atoms with Crippen LogP contribution in [-0.2, 0) is 11.3 Å². The van der Waals surface area contributed by atoms with Gasteiger partial charge in [0.15, 0.2) is 0 Å². The molecule has 3 aliphatic rings. The standard InChI is InChI=1S/C21H23N3O2/c25-21-19-10-17(14-23(19)12-15-7-8-15)26-20-6-2-1-5-18(20)24(21)13-16-4-3-9-22-11-16/h1-6,9,11,15,17,19H,7-8,10,12-14H2. The summed E-state index contributed by atoms with van der Waals surface area (Å²) in [6, 6.07) is 11.8. The SMILES string of the molecule is O=C1C2CC(CN2CC2CC2)Oc2ccccc2N1Cc1cccnc1. The molecular weight excluding hydrogens is 326 g/mol. The Morgan fingerprint density at radius 2 is 2.04 bits per heavy atom. The quantitative estimate of drug-likeness (QED) is 0.851. The number of ether oxygens (including phenoxy) is 1. The van der Waals surface area contributed by atoms with E-state index < -0.39 is 0 Å². The molecule has 1 aliphatic carbocycles. The van der Waals surface area contributed by atoms with Gasteiger partial charge in [-0.25, -0.2) is 0 Å². The summed E-state index contributed by atoms with van der Waals surface area (Å²) in [5.74, 6) is 1.76. The summed E-state index contributed by atoms with van der Waals surface area (Å²) in [7, 11) is 0. The molecule has 1 aromatic carbocycles. The molecule has 2 aromatic rings. The summed E-state index contributed by atoms with van der Waals surface area (Å²) in [5.41, 5.74) is 1.89. The highest BCUT2D eigenvalue weighted by atomic mass is 16.5. The Bertz CT molecular complexity index is 806. The van der Waals surface area contributed by atoms with Gasteiger partial charge in [-0.1, -0.05) is 18.2 Å². The number of hydrogen-bond donors (Lipinski definition) is 0. The van der Waals surface area contributed by atoms with Crippen molar-refractivity contribution in [3.63, 3.8) is 0 Å². The molecule has 134 valence electrons. The van der Waals surface area contributed by atoms with E-state index in [-0.39, 0.29) is 18.1 Å². The number of amides is 1. The minimum Gasteiger partial charge on any atom is -0.487 e. The minimum atomic E-state index is -0.0781. The van der Waals surface area contributed by atoms with Crippen molar-refractivity contribution in [2.45, 2.75) is 38.0 Å². The van der Waals surface area contributed by atoms with Gasteiger partial charge >= 0.3 is 0 Å². The van der Waals surface area contributed by atoms with E-state index in [1.165, 1.54) is 12.8 Å². The zero-order valence-corrected chi connectivity index (χ0v) is 14.8. The summed E-state index contributed by atoms with van der Waals surface area (Å²) in [5, 5.41) is 0. The number of nitrogens with zero attached hydrogens (tertiary/aromatic N) is 3. The first-order chi connectivity index (χ1) is 12.8. The van der Waals surface area contributed by atoms with E-state index in [0.717, 1.165) is 42.4 Å². The third-order valence-corrected chi connectivity index (χ3v) is 5.62. The van der Waals surface area contributed by atoms with Gasteiger partial charge in [0.2, 0.25) is 5.91 Å². The van der Waals surface area contributed by atoms with Crippen LogP contribution in [-0.4, -0.2) is 41.0 Å². The second-order valence-electron chi connectivity index (χ2n) is 7.64. The summed E-state index contributed by atoms with van der Waals surface area (Å²) in [6.45, 7) is 2.39. The van der Waals surface area contributed by atoms with Gasteiger partial charge in [-0.3, -0.25) is 14.7 Å². The maximum atomic E-state index is 13.5. The summed E-state index contributed by atoms with van der Waals surface area (Å²) in [6.07, 6.45) is 7.06. The molecule has 1 aromatic heterocycles. The number of likely N-dealkylation sites (tertiary alicyclic amines) is 1. The average molecular weight is 349 g/mol. The Labute approximate surface area is 153 Å². The summed E-state index contributed by atoms with van der Waals surface area (Å²) in [4.78, 5) is 22.0. The molecule has 2 unspecified atom stereocenters. The van der Waals surface area contributed by atoms with Crippen molar-refractivity contribution < 1.29 is 9.53 Å². The van der Waals surface area contributed by atoms with Crippen LogP contribution in [0.1, 0.15) is 24.8 Å². The third-order valence-electron chi connectivity index (χ3n) is 5.62. The summed E-state index contributed by atoms with van der Waals surface area (Å²) < 4.78 is 6.33. The molecule has 5 heteroatoms. The number of pyridine rings is 1. The normalized spacial score (nSPS) is 25.4. The Kier molecular flexibility index (Phi) is 3.89. The Hall–Kier alpha value is -2.40. The first-order valence-electron chi connectivity index (χ1n) is 9.48. The Morgan fingerprint density at radius 1 is 1.15 bits per heavy atom. The van der Waals surface area contributed by atoms with Crippen molar-refractivity contribution in [2.24, 2.45) is 5.92 Å². The second-order valence-corrected chi connectivity index (χ2v) is 7.64. The monoisotopic (exact) mass is 349 g/mol.